The lowest BCUT2D eigenvalue weighted by atomic mass is 10.1. The minimum atomic E-state index is -0.131. The van der Waals surface area contributed by atoms with E-state index in [0.717, 1.165) is 42.3 Å². The number of imidazole rings is 1. The van der Waals surface area contributed by atoms with Gasteiger partial charge in [-0.1, -0.05) is 6.07 Å². The summed E-state index contributed by atoms with van der Waals surface area (Å²) < 4.78 is 7.85. The topological polar surface area (TPSA) is 68.2 Å². The quantitative estimate of drug-likeness (QED) is 0.749. The predicted molar refractivity (Wildman–Crippen MR) is 98.1 cm³/mol. The number of nitrogens with one attached hydrogen (secondary N) is 2. The molecule has 1 aromatic heterocycles. The van der Waals surface area contributed by atoms with E-state index < -0.39 is 0 Å². The van der Waals surface area contributed by atoms with E-state index in [0.29, 0.717) is 12.2 Å². The van der Waals surface area contributed by atoms with E-state index in [2.05, 4.69) is 21.7 Å². The van der Waals surface area contributed by atoms with Gasteiger partial charge in [-0.2, -0.15) is 0 Å². The molecule has 0 radical (unpaired) electrons. The summed E-state index contributed by atoms with van der Waals surface area (Å²) in [5, 5.41) is 6.31. The minimum absolute atomic E-state index is 0.131. The molecule has 0 saturated heterocycles. The lowest BCUT2D eigenvalue weighted by molar-refractivity contribution is 0.102. The van der Waals surface area contributed by atoms with Crippen LogP contribution in [0.1, 0.15) is 21.5 Å². The van der Waals surface area contributed by atoms with Gasteiger partial charge in [0.15, 0.2) is 0 Å². The Hall–Kier alpha value is -3.12. The fraction of sp³-hybridized carbons (Fsp3) is 0.200. The molecule has 0 fully saturated rings. The summed E-state index contributed by atoms with van der Waals surface area (Å²) in [7, 11) is 0. The molecule has 0 saturated carbocycles. The molecule has 5 rings (SSSR count). The van der Waals surface area contributed by atoms with Gasteiger partial charge in [-0.25, -0.2) is 4.98 Å². The molecule has 3 heterocycles. The second kappa shape index (κ2) is 6.00. The van der Waals surface area contributed by atoms with Crippen LogP contribution < -0.4 is 15.4 Å². The van der Waals surface area contributed by atoms with Crippen molar-refractivity contribution in [1.29, 1.82) is 0 Å². The van der Waals surface area contributed by atoms with Crippen LogP contribution in [0.4, 0.5) is 5.69 Å². The van der Waals surface area contributed by atoms with Crippen molar-refractivity contribution in [2.75, 3.05) is 11.9 Å². The van der Waals surface area contributed by atoms with Crippen LogP contribution in [0.15, 0.2) is 48.9 Å². The van der Waals surface area contributed by atoms with Crippen molar-refractivity contribution in [2.24, 2.45) is 0 Å². The molecule has 2 aliphatic heterocycles. The zero-order valence-corrected chi connectivity index (χ0v) is 14.2. The molecule has 6 nitrogen and oxygen atoms in total. The fourth-order valence-corrected chi connectivity index (χ4v) is 3.55. The van der Waals surface area contributed by atoms with Gasteiger partial charge in [0.05, 0.1) is 24.8 Å². The lowest BCUT2D eigenvalue weighted by Gasteiger charge is -2.11. The number of fused-ring (bicyclic) bond motifs is 4. The van der Waals surface area contributed by atoms with Gasteiger partial charge < -0.3 is 19.9 Å². The van der Waals surface area contributed by atoms with Gasteiger partial charge >= 0.3 is 0 Å². The highest BCUT2D eigenvalue weighted by Gasteiger charge is 2.18. The minimum Gasteiger partial charge on any atom is -0.491 e. The number of hydrogen-bond donors (Lipinski definition) is 2. The third-order valence-electron chi connectivity index (χ3n) is 4.91. The maximum Gasteiger partial charge on any atom is 0.255 e. The average Bonchev–Trinajstić information content (AvgIpc) is 3.27. The van der Waals surface area contributed by atoms with Crippen LogP contribution in [0.2, 0.25) is 0 Å². The number of benzene rings is 2. The number of nitrogens with zero attached hydrogens (tertiary/aromatic N) is 2. The fourth-order valence-electron chi connectivity index (χ4n) is 3.55. The Morgan fingerprint density at radius 3 is 3.04 bits per heavy atom. The molecule has 0 spiro atoms. The van der Waals surface area contributed by atoms with Crippen LogP contribution in [0.25, 0.3) is 11.3 Å². The number of amides is 1. The van der Waals surface area contributed by atoms with Gasteiger partial charge in [-0.3, -0.25) is 4.79 Å². The van der Waals surface area contributed by atoms with Crippen LogP contribution in [-0.4, -0.2) is 22.1 Å². The van der Waals surface area contributed by atoms with E-state index in [-0.39, 0.29) is 5.91 Å². The molecular formula is C20H18N4O2. The van der Waals surface area contributed by atoms with Gasteiger partial charge in [0.1, 0.15) is 12.4 Å². The summed E-state index contributed by atoms with van der Waals surface area (Å²) in [6.45, 7) is 3.07. The van der Waals surface area contributed by atoms with Gasteiger partial charge in [0.25, 0.3) is 5.91 Å². The SMILES string of the molecule is O=C(Nc1ccc2c(c1)CNC2)c1ccc2c(c1)-c1cncn1CCO2. The van der Waals surface area contributed by atoms with Crippen LogP contribution in [0.5, 0.6) is 5.75 Å². The first-order valence-electron chi connectivity index (χ1n) is 8.69. The van der Waals surface area contributed by atoms with Crippen LogP contribution in [-0.2, 0) is 19.6 Å². The smallest absolute Gasteiger partial charge is 0.255 e. The normalized spacial score (nSPS) is 14.6. The summed E-state index contributed by atoms with van der Waals surface area (Å²) in [6.07, 6.45) is 3.60. The van der Waals surface area contributed by atoms with E-state index in [1.807, 2.05) is 35.0 Å². The third kappa shape index (κ3) is 2.55. The Bertz CT molecular complexity index is 1010. The lowest BCUT2D eigenvalue weighted by Crippen LogP contribution is -2.12. The van der Waals surface area contributed by atoms with Gasteiger partial charge in [-0.05, 0) is 41.5 Å². The molecule has 0 aliphatic carbocycles. The zero-order valence-electron chi connectivity index (χ0n) is 14.2. The molecule has 0 unspecified atom stereocenters. The Labute approximate surface area is 150 Å². The Morgan fingerprint density at radius 1 is 1.15 bits per heavy atom. The van der Waals surface area contributed by atoms with Crippen molar-refractivity contribution in [1.82, 2.24) is 14.9 Å². The van der Waals surface area contributed by atoms with Gasteiger partial charge in [0.2, 0.25) is 0 Å². The van der Waals surface area contributed by atoms with Crippen molar-refractivity contribution in [2.45, 2.75) is 19.6 Å². The van der Waals surface area contributed by atoms with Crippen molar-refractivity contribution in [3.05, 3.63) is 65.6 Å². The average molecular weight is 346 g/mol. The van der Waals surface area contributed by atoms with E-state index in [9.17, 15) is 4.79 Å². The standard InChI is InChI=1S/C20H18N4O2/c25-20(23-16-3-1-14-9-21-10-15(14)7-16)13-2-4-19-17(8-13)18-11-22-12-24(18)5-6-26-19/h1-4,7-8,11-12,21H,5-6,9-10H2,(H,23,25). The molecule has 26 heavy (non-hydrogen) atoms. The Morgan fingerprint density at radius 2 is 2.08 bits per heavy atom. The third-order valence-corrected chi connectivity index (χ3v) is 4.91. The van der Waals surface area contributed by atoms with E-state index in [1.54, 1.807) is 12.4 Å². The summed E-state index contributed by atoms with van der Waals surface area (Å²) in [6, 6.07) is 11.6. The maximum atomic E-state index is 12.7. The number of aromatic nitrogens is 2. The molecule has 2 N–H and O–H groups in total. The molecule has 0 atom stereocenters. The number of anilines is 1. The van der Waals surface area contributed by atoms with Gasteiger partial charge in [-0.15, -0.1) is 0 Å². The second-order valence-electron chi connectivity index (χ2n) is 6.57. The summed E-state index contributed by atoms with van der Waals surface area (Å²) >= 11 is 0. The highest BCUT2D eigenvalue weighted by Crippen LogP contribution is 2.33. The van der Waals surface area contributed by atoms with Crippen LogP contribution in [0.3, 0.4) is 0 Å². The molecule has 0 bridgehead atoms. The van der Waals surface area contributed by atoms with Crippen LogP contribution in [0, 0.1) is 0 Å². The number of ether oxygens (including phenoxy) is 1. The highest BCUT2D eigenvalue weighted by atomic mass is 16.5. The van der Waals surface area contributed by atoms with Crippen molar-refractivity contribution < 1.29 is 9.53 Å². The molecule has 2 aromatic carbocycles. The summed E-state index contributed by atoms with van der Waals surface area (Å²) in [4.78, 5) is 17.0. The first-order valence-corrected chi connectivity index (χ1v) is 8.69. The first kappa shape index (κ1) is 15.2. The molecule has 3 aromatic rings. The van der Waals surface area contributed by atoms with Crippen LogP contribution >= 0.6 is 0 Å². The van der Waals surface area contributed by atoms with E-state index >= 15 is 0 Å². The number of carbonyl (C=O) groups excluding carboxylic acids is 1. The monoisotopic (exact) mass is 346 g/mol. The van der Waals surface area contributed by atoms with E-state index in [4.69, 9.17) is 4.74 Å². The Balaban J connectivity index is 1.45. The molecule has 1 amide bonds. The zero-order chi connectivity index (χ0) is 17.5. The predicted octanol–water partition coefficient (Wildman–Crippen LogP) is 2.80. The first-order chi connectivity index (χ1) is 12.8. The molecule has 130 valence electrons. The summed E-state index contributed by atoms with van der Waals surface area (Å²) in [5.41, 5.74) is 5.80. The van der Waals surface area contributed by atoms with Crippen molar-refractivity contribution in [3.63, 3.8) is 0 Å². The van der Waals surface area contributed by atoms with Crippen molar-refractivity contribution >= 4 is 11.6 Å². The number of rotatable bonds is 2. The second-order valence-corrected chi connectivity index (χ2v) is 6.57. The number of carbonyl (C=O) groups is 1. The molecule has 2 aliphatic rings. The van der Waals surface area contributed by atoms with Gasteiger partial charge in [0, 0.05) is 29.9 Å². The Kier molecular flexibility index (Phi) is 3.50. The van der Waals surface area contributed by atoms with Crippen molar-refractivity contribution in [3.8, 4) is 17.0 Å². The molecular weight excluding hydrogens is 328 g/mol. The number of hydrogen-bond acceptors (Lipinski definition) is 4. The maximum absolute atomic E-state index is 12.7. The molecule has 6 heteroatoms. The largest absolute Gasteiger partial charge is 0.491 e. The highest BCUT2D eigenvalue weighted by molar-refractivity contribution is 6.05. The summed E-state index contributed by atoms with van der Waals surface area (Å²) in [5.74, 6) is 0.651. The van der Waals surface area contributed by atoms with E-state index in [1.165, 1.54) is 11.1 Å².